The number of carbonyl (C=O) groups is 2. The summed E-state index contributed by atoms with van der Waals surface area (Å²) in [5, 5.41) is 9.37. The first-order chi connectivity index (χ1) is 10.1. The number of benzene rings is 1. The predicted octanol–water partition coefficient (Wildman–Crippen LogP) is 1.32. The summed E-state index contributed by atoms with van der Waals surface area (Å²) in [6.45, 7) is 0.764. The molecule has 114 valence electrons. The first kappa shape index (κ1) is 15.3. The monoisotopic (exact) mass is 293 g/mol. The van der Waals surface area contributed by atoms with Crippen LogP contribution in [-0.4, -0.2) is 49.3 Å². The topological polar surface area (TPSA) is 76.1 Å². The zero-order valence-corrected chi connectivity index (χ0v) is 12.1. The van der Waals surface area contributed by atoms with Crippen LogP contribution in [0.2, 0.25) is 0 Å². The molecule has 2 atom stereocenters. The van der Waals surface area contributed by atoms with Crippen molar-refractivity contribution in [3.05, 3.63) is 29.8 Å². The second-order valence-corrected chi connectivity index (χ2v) is 4.95. The van der Waals surface area contributed by atoms with E-state index in [1.807, 2.05) is 0 Å². The van der Waals surface area contributed by atoms with Gasteiger partial charge in [0.15, 0.2) is 0 Å². The molecular formula is C15H19NO5. The minimum absolute atomic E-state index is 0.0236. The van der Waals surface area contributed by atoms with Gasteiger partial charge in [0.1, 0.15) is 5.75 Å². The third-order valence-electron chi connectivity index (χ3n) is 3.74. The van der Waals surface area contributed by atoms with Crippen molar-refractivity contribution in [1.29, 1.82) is 0 Å². The van der Waals surface area contributed by atoms with Crippen molar-refractivity contribution in [1.82, 2.24) is 4.90 Å². The average molecular weight is 293 g/mol. The van der Waals surface area contributed by atoms with Crippen molar-refractivity contribution in [3.63, 3.8) is 0 Å². The number of methoxy groups -OCH3 is 2. The molecule has 0 aliphatic carbocycles. The smallest absolute Gasteiger partial charge is 0.309 e. The number of aliphatic carboxylic acids is 1. The van der Waals surface area contributed by atoms with Crippen molar-refractivity contribution >= 4 is 11.9 Å². The molecule has 0 aromatic heterocycles. The standard InChI is InChI=1S/C15H19NO5/c1-20-8-7-16-13(17)9-12(15(18)19)14(16)10-3-5-11(21-2)6-4-10/h3-6,12,14H,7-9H2,1-2H3,(H,18,19)/t12-,14+/m0/s1. The molecule has 2 rings (SSSR count). The summed E-state index contributed by atoms with van der Waals surface area (Å²) < 4.78 is 10.1. The van der Waals surface area contributed by atoms with E-state index in [9.17, 15) is 14.7 Å². The summed E-state index contributed by atoms with van der Waals surface area (Å²) in [7, 11) is 3.12. The summed E-state index contributed by atoms with van der Waals surface area (Å²) in [5.41, 5.74) is 0.796. The number of likely N-dealkylation sites (tertiary alicyclic amines) is 1. The van der Waals surface area contributed by atoms with Crippen molar-refractivity contribution in [3.8, 4) is 5.75 Å². The summed E-state index contributed by atoms with van der Waals surface area (Å²) in [6.07, 6.45) is 0.0236. The van der Waals surface area contributed by atoms with Gasteiger partial charge >= 0.3 is 5.97 Å². The molecule has 0 spiro atoms. The van der Waals surface area contributed by atoms with Crippen LogP contribution in [0.3, 0.4) is 0 Å². The Morgan fingerprint density at radius 2 is 2.00 bits per heavy atom. The minimum Gasteiger partial charge on any atom is -0.497 e. The van der Waals surface area contributed by atoms with Gasteiger partial charge in [-0.05, 0) is 17.7 Å². The molecule has 21 heavy (non-hydrogen) atoms. The highest BCUT2D eigenvalue weighted by atomic mass is 16.5. The van der Waals surface area contributed by atoms with Crippen molar-refractivity contribution < 1.29 is 24.2 Å². The Balaban J connectivity index is 2.31. The lowest BCUT2D eigenvalue weighted by Crippen LogP contribution is -2.33. The Kier molecular flexibility index (Phi) is 4.80. The van der Waals surface area contributed by atoms with Gasteiger partial charge in [-0.15, -0.1) is 0 Å². The molecule has 6 heteroatoms. The van der Waals surface area contributed by atoms with Crippen LogP contribution >= 0.6 is 0 Å². The fourth-order valence-electron chi connectivity index (χ4n) is 2.68. The number of amides is 1. The van der Waals surface area contributed by atoms with Crippen molar-refractivity contribution in [2.45, 2.75) is 12.5 Å². The highest BCUT2D eigenvalue weighted by Crippen LogP contribution is 2.38. The van der Waals surface area contributed by atoms with E-state index in [1.165, 1.54) is 0 Å². The molecule has 1 aromatic carbocycles. The lowest BCUT2D eigenvalue weighted by molar-refractivity contribution is -0.142. The van der Waals surface area contributed by atoms with Gasteiger partial charge in [0.2, 0.25) is 5.91 Å². The molecule has 1 fully saturated rings. The number of carbonyl (C=O) groups excluding carboxylic acids is 1. The molecule has 6 nitrogen and oxygen atoms in total. The van der Waals surface area contributed by atoms with E-state index in [-0.39, 0.29) is 12.3 Å². The number of rotatable bonds is 6. The quantitative estimate of drug-likeness (QED) is 0.856. The van der Waals surface area contributed by atoms with Gasteiger partial charge in [-0.2, -0.15) is 0 Å². The Hall–Kier alpha value is -2.08. The van der Waals surface area contributed by atoms with Gasteiger partial charge in [-0.3, -0.25) is 9.59 Å². The maximum atomic E-state index is 12.1. The summed E-state index contributed by atoms with van der Waals surface area (Å²) in [6, 6.07) is 6.68. The Labute approximate surface area is 123 Å². The molecule has 1 amide bonds. The lowest BCUT2D eigenvalue weighted by atomic mass is 9.93. The van der Waals surface area contributed by atoms with Crippen LogP contribution in [0.15, 0.2) is 24.3 Å². The summed E-state index contributed by atoms with van der Waals surface area (Å²) in [4.78, 5) is 25.1. The Morgan fingerprint density at radius 1 is 1.33 bits per heavy atom. The third kappa shape index (κ3) is 3.16. The summed E-state index contributed by atoms with van der Waals surface area (Å²) in [5.74, 6) is -1.15. The van der Waals surface area contributed by atoms with Crippen LogP contribution in [0, 0.1) is 5.92 Å². The molecule has 1 aliphatic rings. The van der Waals surface area contributed by atoms with Gasteiger partial charge in [0.05, 0.1) is 25.7 Å². The molecule has 0 unspecified atom stereocenters. The Bertz CT molecular complexity index is 513. The highest BCUT2D eigenvalue weighted by Gasteiger charge is 2.44. The van der Waals surface area contributed by atoms with Crippen LogP contribution in [0.5, 0.6) is 5.75 Å². The number of hydrogen-bond acceptors (Lipinski definition) is 4. The highest BCUT2D eigenvalue weighted by molar-refractivity contribution is 5.87. The maximum Gasteiger partial charge on any atom is 0.309 e. The van der Waals surface area contributed by atoms with Crippen LogP contribution in [0.25, 0.3) is 0 Å². The van der Waals surface area contributed by atoms with Crippen molar-refractivity contribution in [2.75, 3.05) is 27.4 Å². The molecule has 1 saturated heterocycles. The van der Waals surface area contributed by atoms with Crippen LogP contribution in [-0.2, 0) is 14.3 Å². The second-order valence-electron chi connectivity index (χ2n) is 4.95. The predicted molar refractivity (Wildman–Crippen MR) is 75.1 cm³/mol. The van der Waals surface area contributed by atoms with E-state index in [2.05, 4.69) is 0 Å². The third-order valence-corrected chi connectivity index (χ3v) is 3.74. The molecule has 1 aliphatic heterocycles. The van der Waals surface area contributed by atoms with Crippen LogP contribution in [0.4, 0.5) is 0 Å². The normalized spacial score (nSPS) is 21.6. The largest absolute Gasteiger partial charge is 0.497 e. The molecule has 0 saturated carbocycles. The molecule has 1 heterocycles. The van der Waals surface area contributed by atoms with E-state index in [1.54, 1.807) is 43.4 Å². The fourth-order valence-corrected chi connectivity index (χ4v) is 2.68. The first-order valence-electron chi connectivity index (χ1n) is 6.73. The maximum absolute atomic E-state index is 12.1. The van der Waals surface area contributed by atoms with E-state index in [0.29, 0.717) is 18.9 Å². The van der Waals surface area contributed by atoms with Crippen LogP contribution in [0.1, 0.15) is 18.0 Å². The van der Waals surface area contributed by atoms with Gasteiger partial charge in [-0.25, -0.2) is 0 Å². The minimum atomic E-state index is -0.955. The summed E-state index contributed by atoms with van der Waals surface area (Å²) >= 11 is 0. The average Bonchev–Trinajstić information content (AvgIpc) is 2.82. The first-order valence-corrected chi connectivity index (χ1v) is 6.73. The lowest BCUT2D eigenvalue weighted by Gasteiger charge is -2.27. The number of hydrogen-bond donors (Lipinski definition) is 1. The zero-order valence-electron chi connectivity index (χ0n) is 12.1. The SMILES string of the molecule is COCCN1C(=O)C[C@H](C(=O)O)[C@H]1c1ccc(OC)cc1. The van der Waals surface area contributed by atoms with Crippen molar-refractivity contribution in [2.24, 2.45) is 5.92 Å². The Morgan fingerprint density at radius 3 is 2.52 bits per heavy atom. The molecule has 0 bridgehead atoms. The van der Waals surface area contributed by atoms with Gasteiger partial charge in [-0.1, -0.05) is 12.1 Å². The number of carboxylic acid groups (broad SMARTS) is 1. The number of ether oxygens (including phenoxy) is 2. The van der Waals surface area contributed by atoms with Gasteiger partial charge < -0.3 is 19.5 Å². The molecule has 1 aromatic rings. The van der Waals surface area contributed by atoms with Crippen LogP contribution < -0.4 is 4.74 Å². The molecule has 1 N–H and O–H groups in total. The number of carboxylic acids is 1. The fraction of sp³-hybridized carbons (Fsp3) is 0.467. The number of nitrogens with zero attached hydrogens (tertiary/aromatic N) is 1. The van der Waals surface area contributed by atoms with Gasteiger partial charge in [0, 0.05) is 20.1 Å². The van der Waals surface area contributed by atoms with E-state index in [4.69, 9.17) is 9.47 Å². The second kappa shape index (κ2) is 6.58. The zero-order chi connectivity index (χ0) is 15.4. The van der Waals surface area contributed by atoms with Gasteiger partial charge in [0.25, 0.3) is 0 Å². The molecule has 0 radical (unpaired) electrons. The molecular weight excluding hydrogens is 274 g/mol. The van der Waals surface area contributed by atoms with E-state index < -0.39 is 17.9 Å². The van der Waals surface area contributed by atoms with E-state index in [0.717, 1.165) is 5.56 Å². The van der Waals surface area contributed by atoms with E-state index >= 15 is 0 Å².